The van der Waals surface area contributed by atoms with Crippen LogP contribution in [0.5, 0.6) is 11.5 Å². The van der Waals surface area contributed by atoms with E-state index in [1.807, 2.05) is 0 Å². The van der Waals surface area contributed by atoms with Crippen molar-refractivity contribution in [3.8, 4) is 11.5 Å². The zero-order valence-electron chi connectivity index (χ0n) is 10.3. The van der Waals surface area contributed by atoms with E-state index in [4.69, 9.17) is 0 Å². The summed E-state index contributed by atoms with van der Waals surface area (Å²) in [6.07, 6.45) is 0. The fourth-order valence-corrected chi connectivity index (χ4v) is 1.10. The molecule has 1 radical (unpaired) electrons. The summed E-state index contributed by atoms with van der Waals surface area (Å²) in [5.74, 6) is -18.3. The molecule has 0 unspecified atom stereocenters. The number of hydrogen-bond acceptors (Lipinski definition) is 2. The quantitative estimate of drug-likeness (QED) is 0.299. The van der Waals surface area contributed by atoms with Crippen molar-refractivity contribution in [3.63, 3.8) is 0 Å². The van der Waals surface area contributed by atoms with Gasteiger partial charge in [0.2, 0.25) is 0 Å². The van der Waals surface area contributed by atoms with Crippen LogP contribution in [0.25, 0.3) is 0 Å². The second kappa shape index (κ2) is 8.02. The second-order valence-corrected chi connectivity index (χ2v) is 3.60. The standard InChI is InChI=1S/2C6H2F4O.Cu/c2*7-2-1-3(11)5(9)6(10)4(2)8;/h2*1,11H;/q;;+2/p-2. The van der Waals surface area contributed by atoms with Gasteiger partial charge < -0.3 is 10.2 Å². The smallest absolute Gasteiger partial charge is 0.870 e. The molecule has 2 nitrogen and oxygen atoms in total. The van der Waals surface area contributed by atoms with E-state index in [2.05, 4.69) is 0 Å². The first kappa shape index (κ1) is 21.0. The van der Waals surface area contributed by atoms with Gasteiger partial charge >= 0.3 is 17.1 Å². The molecule has 0 fully saturated rings. The summed E-state index contributed by atoms with van der Waals surface area (Å²) in [4.78, 5) is 0. The Hall–Kier alpha value is -2.00. The molecule has 23 heavy (non-hydrogen) atoms. The Morgan fingerprint density at radius 3 is 1.00 bits per heavy atom. The molecule has 0 saturated heterocycles. The second-order valence-electron chi connectivity index (χ2n) is 3.60. The first-order valence-electron chi connectivity index (χ1n) is 5.07. The minimum atomic E-state index is -2.07. The third kappa shape index (κ3) is 4.49. The minimum Gasteiger partial charge on any atom is -0.870 e. The molecule has 0 bridgehead atoms. The maximum Gasteiger partial charge on any atom is 2.00 e. The Morgan fingerprint density at radius 1 is 0.478 bits per heavy atom. The normalized spacial score (nSPS) is 9.74. The van der Waals surface area contributed by atoms with E-state index in [9.17, 15) is 45.3 Å². The molecule has 0 amide bonds. The average Bonchev–Trinajstić information content (AvgIpc) is 2.47. The minimum absolute atomic E-state index is 0. The molecule has 0 spiro atoms. The molecular formula is C12H2CuF8O2. The fourth-order valence-electron chi connectivity index (χ4n) is 1.10. The molecule has 11 heteroatoms. The Kier molecular flexibility index (Phi) is 7.32. The van der Waals surface area contributed by atoms with Crippen molar-refractivity contribution < 1.29 is 62.4 Å². The van der Waals surface area contributed by atoms with Crippen molar-refractivity contribution >= 4 is 0 Å². The monoisotopic (exact) mass is 393 g/mol. The summed E-state index contributed by atoms with van der Waals surface area (Å²) in [6.45, 7) is 0. The van der Waals surface area contributed by atoms with Crippen molar-refractivity contribution in [2.45, 2.75) is 0 Å². The van der Waals surface area contributed by atoms with E-state index >= 15 is 0 Å². The van der Waals surface area contributed by atoms with Crippen LogP contribution in [0, 0.1) is 46.5 Å². The molecule has 2 aromatic rings. The van der Waals surface area contributed by atoms with Gasteiger partial charge in [-0.15, -0.1) is 0 Å². The molecular weight excluding hydrogens is 392 g/mol. The van der Waals surface area contributed by atoms with Crippen molar-refractivity contribution in [1.29, 1.82) is 0 Å². The molecule has 0 saturated carbocycles. The summed E-state index contributed by atoms with van der Waals surface area (Å²) in [5, 5.41) is 20.4. The first-order chi connectivity index (χ1) is 10.1. The van der Waals surface area contributed by atoms with Crippen molar-refractivity contribution in [2.75, 3.05) is 0 Å². The zero-order valence-corrected chi connectivity index (χ0v) is 11.2. The largest absolute Gasteiger partial charge is 2.00 e. The van der Waals surface area contributed by atoms with Crippen LogP contribution in [-0.4, -0.2) is 0 Å². The van der Waals surface area contributed by atoms with Crippen LogP contribution >= 0.6 is 0 Å². The molecule has 129 valence electrons. The number of benzene rings is 2. The van der Waals surface area contributed by atoms with Gasteiger partial charge in [-0.3, -0.25) is 0 Å². The molecule has 0 N–H and O–H groups in total. The summed E-state index contributed by atoms with van der Waals surface area (Å²) >= 11 is 0. The van der Waals surface area contributed by atoms with Crippen LogP contribution in [0.2, 0.25) is 0 Å². The van der Waals surface area contributed by atoms with Gasteiger partial charge in [0.1, 0.15) is 0 Å². The van der Waals surface area contributed by atoms with Crippen LogP contribution in [0.4, 0.5) is 35.1 Å². The molecule has 0 aliphatic heterocycles. The van der Waals surface area contributed by atoms with Crippen LogP contribution < -0.4 is 10.2 Å². The average molecular weight is 394 g/mol. The summed E-state index contributed by atoms with van der Waals surface area (Å²) in [6, 6.07) is 0.0987. The molecule has 0 aromatic heterocycles. The third-order valence-corrected chi connectivity index (χ3v) is 2.14. The van der Waals surface area contributed by atoms with Gasteiger partial charge in [-0.25, -0.2) is 35.1 Å². The Bertz CT molecular complexity index is 609. The Morgan fingerprint density at radius 2 is 0.739 bits per heavy atom. The van der Waals surface area contributed by atoms with Crippen LogP contribution in [0.3, 0.4) is 0 Å². The van der Waals surface area contributed by atoms with Crippen molar-refractivity contribution in [3.05, 3.63) is 58.7 Å². The van der Waals surface area contributed by atoms with Gasteiger partial charge in [0.05, 0.1) is 0 Å². The Balaban J connectivity index is 0.000000403. The summed E-state index contributed by atoms with van der Waals surface area (Å²) < 4.78 is 96.4. The van der Waals surface area contributed by atoms with E-state index in [1.165, 1.54) is 0 Å². The van der Waals surface area contributed by atoms with E-state index < -0.39 is 58.0 Å². The van der Waals surface area contributed by atoms with E-state index in [0.29, 0.717) is 0 Å². The van der Waals surface area contributed by atoms with Gasteiger partial charge in [-0.05, 0) is 12.1 Å². The van der Waals surface area contributed by atoms with E-state index in [1.54, 1.807) is 0 Å². The topological polar surface area (TPSA) is 46.1 Å². The maximum absolute atomic E-state index is 12.1. The van der Waals surface area contributed by atoms with Gasteiger partial charge in [0, 0.05) is 0 Å². The van der Waals surface area contributed by atoms with Crippen molar-refractivity contribution in [2.24, 2.45) is 0 Å². The molecule has 2 rings (SSSR count). The van der Waals surface area contributed by atoms with E-state index in [0.717, 1.165) is 0 Å². The maximum atomic E-state index is 12.1. The van der Waals surface area contributed by atoms with Crippen LogP contribution in [-0.2, 0) is 17.1 Å². The molecule has 0 aliphatic rings. The molecule has 0 heterocycles. The summed E-state index contributed by atoms with van der Waals surface area (Å²) in [7, 11) is 0. The predicted molar refractivity (Wildman–Crippen MR) is 51.4 cm³/mol. The number of hydrogen-bond donors (Lipinski definition) is 0. The molecule has 0 aliphatic carbocycles. The SMILES string of the molecule is [Cu+2].[O-]c1cc(F)c(F)c(F)c1F.[O-]c1cc(F)c(F)c(F)c1F. The van der Waals surface area contributed by atoms with Crippen LogP contribution in [0.15, 0.2) is 12.1 Å². The van der Waals surface area contributed by atoms with E-state index in [-0.39, 0.29) is 29.2 Å². The molecule has 0 atom stereocenters. The van der Waals surface area contributed by atoms with Gasteiger partial charge in [-0.2, -0.15) is 0 Å². The van der Waals surface area contributed by atoms with Crippen LogP contribution in [0.1, 0.15) is 0 Å². The van der Waals surface area contributed by atoms with Gasteiger partial charge in [-0.1, -0.05) is 11.5 Å². The predicted octanol–water partition coefficient (Wildman–Crippen LogP) is 2.63. The van der Waals surface area contributed by atoms with Crippen molar-refractivity contribution in [1.82, 2.24) is 0 Å². The Labute approximate surface area is 133 Å². The first-order valence-corrected chi connectivity index (χ1v) is 5.07. The third-order valence-electron chi connectivity index (χ3n) is 2.14. The number of rotatable bonds is 0. The van der Waals surface area contributed by atoms with Gasteiger partial charge in [0.25, 0.3) is 0 Å². The number of halogens is 8. The fraction of sp³-hybridized carbons (Fsp3) is 0. The zero-order chi connectivity index (χ0) is 17.2. The molecule has 2 aromatic carbocycles. The van der Waals surface area contributed by atoms with Gasteiger partial charge in [0.15, 0.2) is 46.5 Å². The summed E-state index contributed by atoms with van der Waals surface area (Å²) in [5.41, 5.74) is 0.